The Hall–Kier alpha value is -2.80. The number of rotatable bonds is 4. The normalized spacial score (nSPS) is 20.4. The monoisotopic (exact) mass is 405 g/mol. The summed E-state index contributed by atoms with van der Waals surface area (Å²) in [7, 11) is 1.75. The highest BCUT2D eigenvalue weighted by Crippen LogP contribution is 2.36. The zero-order valence-corrected chi connectivity index (χ0v) is 17.3. The third-order valence-corrected chi connectivity index (χ3v) is 6.58. The van der Waals surface area contributed by atoms with Gasteiger partial charge in [-0.3, -0.25) is 24.0 Å². The van der Waals surface area contributed by atoms with E-state index in [0.29, 0.717) is 11.9 Å². The van der Waals surface area contributed by atoms with Crippen molar-refractivity contribution in [3.8, 4) is 0 Å². The SMILES string of the molecule is Cn1cc(CN2CCCC2c2nc3ccccc3c(=O)n2C2CCCC2)ncc1=O. The van der Waals surface area contributed by atoms with E-state index in [-0.39, 0.29) is 23.2 Å². The van der Waals surface area contributed by atoms with Crippen molar-refractivity contribution in [2.24, 2.45) is 7.05 Å². The predicted octanol–water partition coefficient (Wildman–Crippen LogP) is 2.94. The molecule has 1 unspecified atom stereocenters. The highest BCUT2D eigenvalue weighted by Gasteiger charge is 2.33. The van der Waals surface area contributed by atoms with E-state index in [2.05, 4.69) is 9.88 Å². The number of aryl methyl sites for hydroxylation is 1. The number of fused-ring (bicyclic) bond motifs is 1. The van der Waals surface area contributed by atoms with Crippen LogP contribution in [0, 0.1) is 0 Å². The van der Waals surface area contributed by atoms with Gasteiger partial charge >= 0.3 is 0 Å². The zero-order valence-electron chi connectivity index (χ0n) is 17.3. The van der Waals surface area contributed by atoms with Crippen LogP contribution in [0.3, 0.4) is 0 Å². The van der Waals surface area contributed by atoms with Crippen molar-refractivity contribution < 1.29 is 0 Å². The van der Waals surface area contributed by atoms with E-state index in [1.807, 2.05) is 28.8 Å². The van der Waals surface area contributed by atoms with Crippen LogP contribution < -0.4 is 11.1 Å². The van der Waals surface area contributed by atoms with E-state index in [4.69, 9.17) is 4.98 Å². The quantitative estimate of drug-likeness (QED) is 0.667. The summed E-state index contributed by atoms with van der Waals surface area (Å²) in [4.78, 5) is 36.9. The van der Waals surface area contributed by atoms with Gasteiger partial charge in [-0.2, -0.15) is 0 Å². The summed E-state index contributed by atoms with van der Waals surface area (Å²) in [5, 5.41) is 0.706. The molecule has 5 rings (SSSR count). The molecule has 2 aromatic heterocycles. The zero-order chi connectivity index (χ0) is 20.7. The first-order valence-electron chi connectivity index (χ1n) is 10.9. The summed E-state index contributed by atoms with van der Waals surface area (Å²) in [6.07, 6.45) is 9.63. The molecular weight excluding hydrogens is 378 g/mol. The first kappa shape index (κ1) is 19.2. The molecule has 7 nitrogen and oxygen atoms in total. The number of benzene rings is 1. The summed E-state index contributed by atoms with van der Waals surface area (Å²) in [6.45, 7) is 1.58. The number of para-hydroxylation sites is 1. The number of hydrogen-bond acceptors (Lipinski definition) is 5. The molecule has 2 aliphatic rings. The second-order valence-electron chi connectivity index (χ2n) is 8.56. The van der Waals surface area contributed by atoms with Gasteiger partial charge in [0.1, 0.15) is 5.82 Å². The Morgan fingerprint density at radius 1 is 1.07 bits per heavy atom. The lowest BCUT2D eigenvalue weighted by molar-refractivity contribution is 0.226. The summed E-state index contributed by atoms with van der Waals surface area (Å²) in [5.74, 6) is 0.896. The topological polar surface area (TPSA) is 73.0 Å². The molecule has 0 radical (unpaired) electrons. The van der Waals surface area contributed by atoms with Crippen molar-refractivity contribution in [1.29, 1.82) is 0 Å². The van der Waals surface area contributed by atoms with Crippen molar-refractivity contribution >= 4 is 10.9 Å². The van der Waals surface area contributed by atoms with E-state index in [1.165, 1.54) is 19.0 Å². The Labute approximate surface area is 175 Å². The molecule has 1 aliphatic carbocycles. The van der Waals surface area contributed by atoms with Crippen LogP contribution in [0.5, 0.6) is 0 Å². The number of aromatic nitrogens is 4. The lowest BCUT2D eigenvalue weighted by Crippen LogP contribution is -2.34. The molecule has 1 aliphatic heterocycles. The van der Waals surface area contributed by atoms with Gasteiger partial charge in [-0.25, -0.2) is 4.98 Å². The standard InChI is InChI=1S/C23H27N5O2/c1-26-14-16(24-13-21(26)29)15-27-12-6-11-20(27)22-25-19-10-5-4-9-18(19)23(30)28(22)17-7-2-3-8-17/h4-5,9-10,13-14,17,20H,2-3,6-8,11-12,15H2,1H3. The van der Waals surface area contributed by atoms with Crippen molar-refractivity contribution in [2.75, 3.05) is 6.54 Å². The maximum Gasteiger partial charge on any atom is 0.268 e. The van der Waals surface area contributed by atoms with Crippen molar-refractivity contribution in [1.82, 2.24) is 24.0 Å². The third-order valence-electron chi connectivity index (χ3n) is 6.58. The molecule has 2 fully saturated rings. The average Bonchev–Trinajstić information content (AvgIpc) is 3.43. The van der Waals surface area contributed by atoms with Crippen LogP contribution in [-0.2, 0) is 13.6 Å². The number of nitrogens with zero attached hydrogens (tertiary/aromatic N) is 5. The molecule has 3 heterocycles. The first-order chi connectivity index (χ1) is 14.6. The van der Waals surface area contributed by atoms with Crippen molar-refractivity contribution in [3.05, 3.63) is 68.9 Å². The van der Waals surface area contributed by atoms with Crippen LogP contribution in [-0.4, -0.2) is 30.5 Å². The Morgan fingerprint density at radius 2 is 1.87 bits per heavy atom. The lowest BCUT2D eigenvalue weighted by Gasteiger charge is -2.28. The third kappa shape index (κ3) is 3.37. The minimum Gasteiger partial charge on any atom is -0.315 e. The van der Waals surface area contributed by atoms with Gasteiger partial charge < -0.3 is 4.57 Å². The second-order valence-corrected chi connectivity index (χ2v) is 8.56. The second kappa shape index (κ2) is 7.80. The summed E-state index contributed by atoms with van der Waals surface area (Å²) >= 11 is 0. The molecular formula is C23H27N5O2. The van der Waals surface area contributed by atoms with Crippen LogP contribution >= 0.6 is 0 Å². The lowest BCUT2D eigenvalue weighted by atomic mass is 10.1. The maximum atomic E-state index is 13.5. The van der Waals surface area contributed by atoms with Crippen LogP contribution in [0.4, 0.5) is 0 Å². The Kier molecular flexibility index (Phi) is 4.98. The van der Waals surface area contributed by atoms with Crippen LogP contribution in [0.1, 0.15) is 62.1 Å². The predicted molar refractivity (Wildman–Crippen MR) is 115 cm³/mol. The molecule has 30 heavy (non-hydrogen) atoms. The number of hydrogen-bond donors (Lipinski definition) is 0. The number of likely N-dealkylation sites (tertiary alicyclic amines) is 1. The highest BCUT2D eigenvalue weighted by molar-refractivity contribution is 5.77. The average molecular weight is 406 g/mol. The molecule has 0 spiro atoms. The van der Waals surface area contributed by atoms with Crippen LogP contribution in [0.2, 0.25) is 0 Å². The van der Waals surface area contributed by atoms with Gasteiger partial charge in [0.05, 0.1) is 28.8 Å². The fourth-order valence-corrected chi connectivity index (χ4v) is 5.06. The molecule has 1 aromatic carbocycles. The van der Waals surface area contributed by atoms with E-state index >= 15 is 0 Å². The molecule has 0 amide bonds. The highest BCUT2D eigenvalue weighted by atomic mass is 16.1. The van der Waals surface area contributed by atoms with Gasteiger partial charge in [0.15, 0.2) is 0 Å². The molecule has 0 bridgehead atoms. The van der Waals surface area contributed by atoms with E-state index in [1.54, 1.807) is 17.8 Å². The van der Waals surface area contributed by atoms with Gasteiger partial charge in [-0.15, -0.1) is 0 Å². The van der Waals surface area contributed by atoms with Gasteiger partial charge in [-0.1, -0.05) is 25.0 Å². The van der Waals surface area contributed by atoms with E-state index in [9.17, 15) is 9.59 Å². The summed E-state index contributed by atoms with van der Waals surface area (Å²) in [6, 6.07) is 8.01. The largest absolute Gasteiger partial charge is 0.315 e. The smallest absolute Gasteiger partial charge is 0.268 e. The summed E-state index contributed by atoms with van der Waals surface area (Å²) in [5.41, 5.74) is 1.62. The van der Waals surface area contributed by atoms with Gasteiger partial charge in [0.25, 0.3) is 11.1 Å². The van der Waals surface area contributed by atoms with Crippen molar-refractivity contribution in [2.45, 2.75) is 57.2 Å². The molecule has 3 aromatic rings. The van der Waals surface area contributed by atoms with Gasteiger partial charge in [0, 0.05) is 25.8 Å². The molecule has 1 atom stereocenters. The van der Waals surface area contributed by atoms with Gasteiger partial charge in [0.2, 0.25) is 0 Å². The Morgan fingerprint density at radius 3 is 2.67 bits per heavy atom. The molecule has 1 saturated heterocycles. The minimum atomic E-state index is -0.108. The van der Waals surface area contributed by atoms with Gasteiger partial charge in [-0.05, 0) is 44.4 Å². The molecule has 156 valence electrons. The van der Waals surface area contributed by atoms with E-state index in [0.717, 1.165) is 49.3 Å². The fourth-order valence-electron chi connectivity index (χ4n) is 5.06. The van der Waals surface area contributed by atoms with Crippen LogP contribution in [0.15, 0.2) is 46.2 Å². The Bertz CT molecular complexity index is 1190. The van der Waals surface area contributed by atoms with E-state index < -0.39 is 0 Å². The molecule has 1 saturated carbocycles. The fraction of sp³-hybridized carbons (Fsp3) is 0.478. The summed E-state index contributed by atoms with van der Waals surface area (Å²) < 4.78 is 3.57. The van der Waals surface area contributed by atoms with Crippen LogP contribution in [0.25, 0.3) is 10.9 Å². The maximum absolute atomic E-state index is 13.5. The Balaban J connectivity index is 1.58. The van der Waals surface area contributed by atoms with Crippen molar-refractivity contribution in [3.63, 3.8) is 0 Å². The molecule has 0 N–H and O–H groups in total. The first-order valence-corrected chi connectivity index (χ1v) is 10.9. The minimum absolute atomic E-state index is 0.0851. The molecule has 7 heteroatoms.